The highest BCUT2D eigenvalue weighted by molar-refractivity contribution is 7.92. The number of aryl methyl sites for hydroxylation is 2. The first-order valence-electron chi connectivity index (χ1n) is 12.0. The minimum Gasteiger partial charge on any atom is -0.361 e. The fourth-order valence-electron chi connectivity index (χ4n) is 4.42. The number of allylic oxidation sites excluding steroid dienone is 1. The van der Waals surface area contributed by atoms with Gasteiger partial charge in [0.05, 0.1) is 21.1 Å². The lowest BCUT2D eigenvalue weighted by Crippen LogP contribution is -2.44. The molecule has 2 amide bonds. The van der Waals surface area contributed by atoms with Crippen molar-refractivity contribution >= 4 is 56.0 Å². The smallest absolute Gasteiger partial charge is 0.253 e. The van der Waals surface area contributed by atoms with Gasteiger partial charge < -0.3 is 14.3 Å². The first kappa shape index (κ1) is 28.9. The van der Waals surface area contributed by atoms with Crippen molar-refractivity contribution < 1.29 is 26.9 Å². The molecule has 1 atom stereocenters. The number of amides is 2. The minimum atomic E-state index is -4.16. The minimum absolute atomic E-state index is 0.0209. The number of aromatic nitrogens is 1. The molecule has 4 rings (SSSR count). The molecule has 0 spiro atoms. The average Bonchev–Trinajstić information content (AvgIpc) is 3.56. The van der Waals surface area contributed by atoms with Crippen LogP contribution in [0.2, 0.25) is 4.34 Å². The molecule has 3 aromatic rings. The van der Waals surface area contributed by atoms with Crippen LogP contribution in [-0.2, 0) is 21.4 Å². The van der Waals surface area contributed by atoms with E-state index in [-0.39, 0.29) is 36.7 Å². The molecule has 0 bridgehead atoms. The number of nitrogens with zero attached hydrogens (tertiary/aromatic N) is 4. The fraction of sp³-hybridized carbons (Fsp3) is 0.346. The van der Waals surface area contributed by atoms with Gasteiger partial charge in [0.25, 0.3) is 5.91 Å². The van der Waals surface area contributed by atoms with Crippen LogP contribution in [0.4, 0.5) is 10.1 Å². The number of anilines is 1. The van der Waals surface area contributed by atoms with E-state index in [0.29, 0.717) is 31.8 Å². The van der Waals surface area contributed by atoms with Gasteiger partial charge in [0.2, 0.25) is 15.9 Å². The molecule has 3 heterocycles. The number of benzene rings is 1. The summed E-state index contributed by atoms with van der Waals surface area (Å²) in [6.07, 6.45) is 0.136. The van der Waals surface area contributed by atoms with Gasteiger partial charge in [-0.3, -0.25) is 9.59 Å². The third-order valence-electron chi connectivity index (χ3n) is 6.53. The van der Waals surface area contributed by atoms with E-state index in [2.05, 4.69) is 5.16 Å². The second kappa shape index (κ2) is 11.2. The number of rotatable bonds is 8. The van der Waals surface area contributed by atoms with E-state index in [0.717, 1.165) is 15.8 Å². The molecule has 2 aromatic heterocycles. The van der Waals surface area contributed by atoms with Crippen molar-refractivity contribution in [2.24, 2.45) is 0 Å². The van der Waals surface area contributed by atoms with Gasteiger partial charge in [0, 0.05) is 43.2 Å². The van der Waals surface area contributed by atoms with E-state index in [1.165, 1.54) is 33.3 Å². The summed E-state index contributed by atoms with van der Waals surface area (Å²) in [5.41, 5.74) is 1.64. The number of sulfonamides is 1. The van der Waals surface area contributed by atoms with Crippen LogP contribution in [0.25, 0.3) is 5.57 Å². The number of hydrogen-bond donors (Lipinski definition) is 0. The zero-order chi connectivity index (χ0) is 28.6. The predicted octanol–water partition coefficient (Wildman–Crippen LogP) is 4.85. The molecule has 1 saturated heterocycles. The SMILES string of the molecule is C/C(=C/S(=O)(=O)N(Cc1c(C)noc1C)C1CCN(c2ccc(C(=O)N(C)C)cc2F)C1=O)c1ccc(Cl)s1. The maximum absolute atomic E-state index is 15.1. The number of hydrogen-bond acceptors (Lipinski definition) is 7. The van der Waals surface area contributed by atoms with Gasteiger partial charge in [-0.15, -0.1) is 11.3 Å². The third kappa shape index (κ3) is 5.93. The average molecular weight is 595 g/mol. The molecule has 208 valence electrons. The Morgan fingerprint density at radius 3 is 2.56 bits per heavy atom. The molecule has 1 aromatic carbocycles. The molecule has 1 aliphatic heterocycles. The summed E-state index contributed by atoms with van der Waals surface area (Å²) < 4.78 is 49.5. The van der Waals surface area contributed by atoms with Gasteiger partial charge in [-0.2, -0.15) is 4.31 Å². The Labute approximate surface area is 235 Å². The van der Waals surface area contributed by atoms with Crippen molar-refractivity contribution in [1.82, 2.24) is 14.4 Å². The quantitative estimate of drug-likeness (QED) is 0.369. The van der Waals surface area contributed by atoms with Crippen LogP contribution in [0.1, 0.15) is 45.6 Å². The maximum atomic E-state index is 15.1. The van der Waals surface area contributed by atoms with Crippen molar-refractivity contribution in [3.63, 3.8) is 0 Å². The molecule has 0 saturated carbocycles. The Bertz CT molecular complexity index is 1540. The lowest BCUT2D eigenvalue weighted by Gasteiger charge is -2.26. The summed E-state index contributed by atoms with van der Waals surface area (Å²) in [6, 6.07) is 6.19. The van der Waals surface area contributed by atoms with Crippen LogP contribution < -0.4 is 4.90 Å². The number of carbonyl (C=O) groups is 2. The predicted molar refractivity (Wildman–Crippen MR) is 149 cm³/mol. The molecular weight excluding hydrogens is 567 g/mol. The van der Waals surface area contributed by atoms with E-state index < -0.39 is 27.8 Å². The highest BCUT2D eigenvalue weighted by Gasteiger charge is 2.42. The van der Waals surface area contributed by atoms with Crippen LogP contribution in [0.15, 0.2) is 40.3 Å². The van der Waals surface area contributed by atoms with Gasteiger partial charge in [-0.1, -0.05) is 16.8 Å². The summed E-state index contributed by atoms with van der Waals surface area (Å²) >= 11 is 7.27. The van der Waals surface area contributed by atoms with Crippen LogP contribution in [0.3, 0.4) is 0 Å². The normalized spacial score (nSPS) is 16.4. The van der Waals surface area contributed by atoms with Crippen molar-refractivity contribution in [1.29, 1.82) is 0 Å². The molecule has 9 nitrogen and oxygen atoms in total. The lowest BCUT2D eigenvalue weighted by atomic mass is 10.1. The van der Waals surface area contributed by atoms with Gasteiger partial charge in [-0.05, 0) is 63.1 Å². The molecule has 0 radical (unpaired) electrons. The molecule has 1 aliphatic rings. The largest absolute Gasteiger partial charge is 0.361 e. The summed E-state index contributed by atoms with van der Waals surface area (Å²) in [5, 5.41) is 5.03. The van der Waals surface area contributed by atoms with Crippen molar-refractivity contribution in [2.45, 2.75) is 39.8 Å². The standard InChI is InChI=1S/C26H28ClFN4O5S2/c1-15(23-8-9-24(27)38-23)14-39(35,36)32(13-19-16(2)29-37-17(19)3)22-10-11-31(26(22)34)21-7-6-18(12-20(21)28)25(33)30(4)5/h6-9,12,14,22H,10-11,13H2,1-5H3/b15-14-. The Morgan fingerprint density at radius 1 is 1.28 bits per heavy atom. The zero-order valence-corrected chi connectivity index (χ0v) is 24.5. The number of halogens is 2. The van der Waals surface area contributed by atoms with Crippen LogP contribution in [0.5, 0.6) is 0 Å². The Morgan fingerprint density at radius 2 is 2.00 bits per heavy atom. The summed E-state index contributed by atoms with van der Waals surface area (Å²) in [6.45, 7) is 4.96. The first-order valence-corrected chi connectivity index (χ1v) is 14.7. The summed E-state index contributed by atoms with van der Waals surface area (Å²) in [7, 11) is -1.04. The van der Waals surface area contributed by atoms with Crippen molar-refractivity contribution in [2.75, 3.05) is 25.5 Å². The van der Waals surface area contributed by atoms with Gasteiger partial charge >= 0.3 is 0 Å². The molecule has 39 heavy (non-hydrogen) atoms. The van der Waals surface area contributed by atoms with Crippen LogP contribution in [0, 0.1) is 19.7 Å². The third-order valence-corrected chi connectivity index (χ3v) is 9.58. The van der Waals surface area contributed by atoms with Crippen molar-refractivity contribution in [3.05, 3.63) is 73.4 Å². The van der Waals surface area contributed by atoms with E-state index in [1.54, 1.807) is 47.0 Å². The number of thiophene rings is 1. The van der Waals surface area contributed by atoms with Gasteiger partial charge in [-0.25, -0.2) is 12.8 Å². The van der Waals surface area contributed by atoms with E-state index >= 15 is 4.39 Å². The Hall–Kier alpha value is -3.06. The fourth-order valence-corrected chi connectivity index (χ4v) is 7.08. The number of carbonyl (C=O) groups excluding carboxylic acids is 2. The highest BCUT2D eigenvalue weighted by atomic mass is 35.5. The summed E-state index contributed by atoms with van der Waals surface area (Å²) in [4.78, 5) is 29.1. The van der Waals surface area contributed by atoms with Crippen LogP contribution in [-0.4, -0.2) is 61.3 Å². The van der Waals surface area contributed by atoms with Crippen molar-refractivity contribution in [3.8, 4) is 0 Å². The monoisotopic (exact) mass is 594 g/mol. The second-order valence-corrected chi connectivity index (χ2v) is 12.9. The van der Waals surface area contributed by atoms with E-state index in [4.69, 9.17) is 16.1 Å². The summed E-state index contributed by atoms with van der Waals surface area (Å²) in [5.74, 6) is -1.26. The Kier molecular flexibility index (Phi) is 8.31. The van der Waals surface area contributed by atoms with Crippen LogP contribution >= 0.6 is 22.9 Å². The topological polar surface area (TPSA) is 104 Å². The van der Waals surface area contributed by atoms with E-state index in [1.807, 2.05) is 0 Å². The highest BCUT2D eigenvalue weighted by Crippen LogP contribution is 2.33. The van der Waals surface area contributed by atoms with E-state index in [9.17, 15) is 18.0 Å². The molecule has 0 aliphatic carbocycles. The second-order valence-electron chi connectivity index (χ2n) is 9.46. The molecule has 1 unspecified atom stereocenters. The van der Waals surface area contributed by atoms with Gasteiger partial charge in [0.15, 0.2) is 0 Å². The molecule has 13 heteroatoms. The lowest BCUT2D eigenvalue weighted by molar-refractivity contribution is -0.120. The van der Waals surface area contributed by atoms with Gasteiger partial charge in [0.1, 0.15) is 17.6 Å². The zero-order valence-electron chi connectivity index (χ0n) is 22.1. The molecule has 0 N–H and O–H groups in total. The molecular formula is C26H28ClFN4O5S2. The first-order chi connectivity index (χ1) is 18.3. The Balaban J connectivity index is 1.70. The molecule has 1 fully saturated rings. The maximum Gasteiger partial charge on any atom is 0.253 e.